The number of rotatable bonds is 6. The van der Waals surface area contributed by atoms with Crippen LogP contribution in [0.25, 0.3) is 0 Å². The van der Waals surface area contributed by atoms with E-state index in [0.717, 1.165) is 15.8 Å². The van der Waals surface area contributed by atoms with Crippen molar-refractivity contribution < 1.29 is 14.3 Å². The van der Waals surface area contributed by atoms with E-state index in [2.05, 4.69) is 26.6 Å². The van der Waals surface area contributed by atoms with Gasteiger partial charge in [0.15, 0.2) is 0 Å². The van der Waals surface area contributed by atoms with E-state index in [1.54, 1.807) is 26.4 Å². The fraction of sp³-hybridized carbons (Fsp3) is 0.188. The average molecular weight is 365 g/mol. The van der Waals surface area contributed by atoms with Crippen molar-refractivity contribution in [2.45, 2.75) is 0 Å². The van der Waals surface area contributed by atoms with Crippen LogP contribution in [0.5, 0.6) is 11.5 Å². The first-order chi connectivity index (χ1) is 10.6. The molecule has 0 aliphatic rings. The molecule has 0 saturated heterocycles. The molecule has 0 spiro atoms. The topological polar surface area (TPSA) is 59.6 Å². The van der Waals surface area contributed by atoms with Crippen LogP contribution in [-0.4, -0.2) is 26.7 Å². The minimum atomic E-state index is -0.143. The van der Waals surface area contributed by atoms with Crippen molar-refractivity contribution in [2.24, 2.45) is 0 Å². The van der Waals surface area contributed by atoms with Crippen molar-refractivity contribution in [1.29, 1.82) is 0 Å². The van der Waals surface area contributed by atoms with Gasteiger partial charge in [0.2, 0.25) is 5.91 Å². The van der Waals surface area contributed by atoms with E-state index >= 15 is 0 Å². The van der Waals surface area contributed by atoms with Gasteiger partial charge in [-0.15, -0.1) is 0 Å². The number of nitrogens with one attached hydrogen (secondary N) is 2. The lowest BCUT2D eigenvalue weighted by Gasteiger charge is -2.12. The highest BCUT2D eigenvalue weighted by Crippen LogP contribution is 2.28. The third-order valence-corrected chi connectivity index (χ3v) is 3.45. The third-order valence-electron chi connectivity index (χ3n) is 2.96. The highest BCUT2D eigenvalue weighted by Gasteiger charge is 2.07. The Hall–Kier alpha value is -2.21. The molecule has 0 saturated carbocycles. The summed E-state index contributed by atoms with van der Waals surface area (Å²) in [5.41, 5.74) is 1.47. The highest BCUT2D eigenvalue weighted by atomic mass is 79.9. The van der Waals surface area contributed by atoms with Gasteiger partial charge in [0.1, 0.15) is 11.5 Å². The zero-order valence-electron chi connectivity index (χ0n) is 12.4. The summed E-state index contributed by atoms with van der Waals surface area (Å²) in [4.78, 5) is 12.0. The molecular weight excluding hydrogens is 348 g/mol. The Balaban J connectivity index is 1.96. The second kappa shape index (κ2) is 7.70. The number of ether oxygens (including phenoxy) is 2. The SMILES string of the molecule is COc1ccc(NCC(=O)Nc2cccc(Br)c2)c(OC)c1. The van der Waals surface area contributed by atoms with Crippen molar-refractivity contribution in [2.75, 3.05) is 31.4 Å². The fourth-order valence-electron chi connectivity index (χ4n) is 1.89. The van der Waals surface area contributed by atoms with Gasteiger partial charge >= 0.3 is 0 Å². The van der Waals surface area contributed by atoms with Crippen LogP contribution in [0.3, 0.4) is 0 Å². The zero-order valence-corrected chi connectivity index (χ0v) is 13.9. The largest absolute Gasteiger partial charge is 0.497 e. The Labute approximate surface area is 137 Å². The van der Waals surface area contributed by atoms with Crippen LogP contribution in [0.15, 0.2) is 46.9 Å². The Kier molecular flexibility index (Phi) is 5.66. The maximum Gasteiger partial charge on any atom is 0.243 e. The van der Waals surface area contributed by atoms with Crippen molar-refractivity contribution in [3.63, 3.8) is 0 Å². The van der Waals surface area contributed by atoms with Gasteiger partial charge in [-0.3, -0.25) is 4.79 Å². The molecule has 0 heterocycles. The smallest absolute Gasteiger partial charge is 0.243 e. The number of halogens is 1. The predicted octanol–water partition coefficient (Wildman–Crippen LogP) is 3.52. The number of anilines is 2. The van der Waals surface area contributed by atoms with Gasteiger partial charge in [0, 0.05) is 16.2 Å². The lowest BCUT2D eigenvalue weighted by atomic mass is 10.2. The van der Waals surface area contributed by atoms with Crippen molar-refractivity contribution in [3.8, 4) is 11.5 Å². The van der Waals surface area contributed by atoms with Crippen LogP contribution in [-0.2, 0) is 4.79 Å². The number of amides is 1. The quantitative estimate of drug-likeness (QED) is 0.823. The number of methoxy groups -OCH3 is 2. The summed E-state index contributed by atoms with van der Waals surface area (Å²) < 4.78 is 11.3. The first-order valence-corrected chi connectivity index (χ1v) is 7.43. The molecule has 2 aromatic carbocycles. The molecule has 0 bridgehead atoms. The monoisotopic (exact) mass is 364 g/mol. The van der Waals surface area contributed by atoms with Gasteiger partial charge in [-0.2, -0.15) is 0 Å². The van der Waals surface area contributed by atoms with Gasteiger partial charge in [0.05, 0.1) is 26.5 Å². The highest BCUT2D eigenvalue weighted by molar-refractivity contribution is 9.10. The molecule has 116 valence electrons. The summed E-state index contributed by atoms with van der Waals surface area (Å²) in [5, 5.41) is 5.86. The Morgan fingerprint density at radius 3 is 2.64 bits per heavy atom. The summed E-state index contributed by atoms with van der Waals surface area (Å²) in [7, 11) is 3.16. The van der Waals surface area contributed by atoms with E-state index in [9.17, 15) is 4.79 Å². The lowest BCUT2D eigenvalue weighted by molar-refractivity contribution is -0.114. The summed E-state index contributed by atoms with van der Waals surface area (Å²) in [6.45, 7) is 0.134. The van der Waals surface area contributed by atoms with Crippen LogP contribution >= 0.6 is 15.9 Å². The first kappa shape index (κ1) is 16.2. The Bertz CT molecular complexity index is 662. The van der Waals surface area contributed by atoms with E-state index in [4.69, 9.17) is 9.47 Å². The molecule has 0 aromatic heterocycles. The van der Waals surface area contributed by atoms with Gasteiger partial charge < -0.3 is 20.1 Å². The van der Waals surface area contributed by atoms with Gasteiger partial charge in [0.25, 0.3) is 0 Å². The minimum absolute atomic E-state index is 0.134. The standard InChI is InChI=1S/C16H17BrN2O3/c1-21-13-6-7-14(15(9-13)22-2)18-10-16(20)19-12-5-3-4-11(17)8-12/h3-9,18H,10H2,1-2H3,(H,19,20). The number of hydrogen-bond acceptors (Lipinski definition) is 4. The molecule has 0 aliphatic carbocycles. The molecular formula is C16H17BrN2O3. The van der Waals surface area contributed by atoms with Crippen LogP contribution in [0.2, 0.25) is 0 Å². The average Bonchev–Trinajstić information content (AvgIpc) is 2.52. The molecule has 0 aliphatic heterocycles. The van der Waals surface area contributed by atoms with E-state index in [-0.39, 0.29) is 12.5 Å². The molecule has 0 radical (unpaired) electrons. The second-order valence-corrected chi connectivity index (χ2v) is 5.39. The molecule has 0 atom stereocenters. The van der Waals surface area contributed by atoms with Crippen LogP contribution < -0.4 is 20.1 Å². The molecule has 2 rings (SSSR count). The first-order valence-electron chi connectivity index (χ1n) is 6.63. The van der Waals surface area contributed by atoms with E-state index in [1.807, 2.05) is 30.3 Å². The summed E-state index contributed by atoms with van der Waals surface area (Å²) in [6.07, 6.45) is 0. The molecule has 1 amide bonds. The normalized spacial score (nSPS) is 9.95. The molecule has 0 unspecified atom stereocenters. The Morgan fingerprint density at radius 1 is 1.14 bits per heavy atom. The van der Waals surface area contributed by atoms with Crippen molar-refractivity contribution in [1.82, 2.24) is 0 Å². The number of carbonyl (C=O) groups excluding carboxylic acids is 1. The van der Waals surface area contributed by atoms with E-state index in [1.165, 1.54) is 0 Å². The summed E-state index contributed by atoms with van der Waals surface area (Å²) in [6, 6.07) is 12.8. The maximum atomic E-state index is 12.0. The predicted molar refractivity (Wildman–Crippen MR) is 90.8 cm³/mol. The number of benzene rings is 2. The van der Waals surface area contributed by atoms with Crippen molar-refractivity contribution >= 4 is 33.2 Å². The Morgan fingerprint density at radius 2 is 1.95 bits per heavy atom. The number of hydrogen-bond donors (Lipinski definition) is 2. The van der Waals surface area contributed by atoms with Crippen molar-refractivity contribution in [3.05, 3.63) is 46.9 Å². The van der Waals surface area contributed by atoms with Crippen LogP contribution in [0, 0.1) is 0 Å². The van der Waals surface area contributed by atoms with Gasteiger partial charge in [-0.05, 0) is 30.3 Å². The van der Waals surface area contributed by atoms with Gasteiger partial charge in [-0.1, -0.05) is 22.0 Å². The zero-order chi connectivity index (χ0) is 15.9. The molecule has 22 heavy (non-hydrogen) atoms. The molecule has 0 fully saturated rings. The van der Waals surface area contributed by atoms with Gasteiger partial charge in [-0.25, -0.2) is 0 Å². The molecule has 6 heteroatoms. The number of carbonyl (C=O) groups is 1. The fourth-order valence-corrected chi connectivity index (χ4v) is 2.29. The molecule has 2 aromatic rings. The molecule has 2 N–H and O–H groups in total. The second-order valence-electron chi connectivity index (χ2n) is 4.48. The summed E-state index contributed by atoms with van der Waals surface area (Å²) in [5.74, 6) is 1.17. The van der Waals surface area contributed by atoms with Crippen LogP contribution in [0.4, 0.5) is 11.4 Å². The summed E-state index contributed by atoms with van der Waals surface area (Å²) >= 11 is 3.36. The molecule has 5 nitrogen and oxygen atoms in total. The lowest BCUT2D eigenvalue weighted by Crippen LogP contribution is -2.21. The van der Waals surface area contributed by atoms with Crippen LogP contribution in [0.1, 0.15) is 0 Å². The third kappa shape index (κ3) is 4.39. The van der Waals surface area contributed by atoms with E-state index < -0.39 is 0 Å². The maximum absolute atomic E-state index is 12.0. The minimum Gasteiger partial charge on any atom is -0.497 e. The van der Waals surface area contributed by atoms with E-state index in [0.29, 0.717) is 11.5 Å².